The van der Waals surface area contributed by atoms with Crippen molar-refractivity contribution in [3.8, 4) is 0 Å². The van der Waals surface area contributed by atoms with Crippen LogP contribution in [0.5, 0.6) is 0 Å². The minimum atomic E-state index is -0.123. The highest BCUT2D eigenvalue weighted by molar-refractivity contribution is 5.92. The highest BCUT2D eigenvalue weighted by Gasteiger charge is 2.15. The molecule has 2 aromatic heterocycles. The molecule has 0 saturated carbocycles. The summed E-state index contributed by atoms with van der Waals surface area (Å²) in [6.07, 6.45) is 4.28. The van der Waals surface area contributed by atoms with Crippen molar-refractivity contribution in [3.63, 3.8) is 0 Å². The molecule has 3 aromatic rings. The van der Waals surface area contributed by atoms with Gasteiger partial charge in [-0.05, 0) is 55.7 Å². The van der Waals surface area contributed by atoms with Crippen molar-refractivity contribution in [1.82, 2.24) is 19.9 Å². The third-order valence-corrected chi connectivity index (χ3v) is 4.30. The number of nitrogens with one attached hydrogen (secondary N) is 1. The van der Waals surface area contributed by atoms with Crippen molar-refractivity contribution in [2.45, 2.75) is 20.3 Å². The van der Waals surface area contributed by atoms with Crippen LogP contribution in [0, 0.1) is 13.8 Å². The van der Waals surface area contributed by atoms with Crippen molar-refractivity contribution in [3.05, 3.63) is 77.4 Å². The lowest BCUT2D eigenvalue weighted by atomic mass is 10.2. The van der Waals surface area contributed by atoms with Crippen molar-refractivity contribution >= 4 is 17.5 Å². The van der Waals surface area contributed by atoms with E-state index in [1.165, 1.54) is 0 Å². The van der Waals surface area contributed by atoms with Gasteiger partial charge in [-0.1, -0.05) is 18.2 Å². The second-order valence-corrected chi connectivity index (χ2v) is 6.49. The molecule has 0 spiro atoms. The SMILES string of the molecule is Cc1cc(C(=O)N(C)CCc2ccncc2)nc(Nc2ccccc2C)n1. The van der Waals surface area contributed by atoms with Crippen molar-refractivity contribution in [2.24, 2.45) is 0 Å². The lowest BCUT2D eigenvalue weighted by molar-refractivity contribution is 0.0790. The number of amides is 1. The number of benzene rings is 1. The Morgan fingerprint density at radius 1 is 1.07 bits per heavy atom. The van der Waals surface area contributed by atoms with Crippen molar-refractivity contribution < 1.29 is 4.79 Å². The summed E-state index contributed by atoms with van der Waals surface area (Å²) in [6, 6.07) is 13.5. The van der Waals surface area contributed by atoms with Gasteiger partial charge in [0.05, 0.1) is 0 Å². The molecule has 2 heterocycles. The zero-order valence-electron chi connectivity index (χ0n) is 15.8. The van der Waals surface area contributed by atoms with E-state index in [9.17, 15) is 4.79 Å². The van der Waals surface area contributed by atoms with Crippen LogP contribution in [0.3, 0.4) is 0 Å². The van der Waals surface area contributed by atoms with Crippen LogP contribution in [0.4, 0.5) is 11.6 Å². The van der Waals surface area contributed by atoms with E-state index in [0.717, 1.165) is 28.9 Å². The Balaban J connectivity index is 1.72. The number of likely N-dealkylation sites (N-methyl/N-ethyl adjacent to an activating group) is 1. The van der Waals surface area contributed by atoms with Crippen molar-refractivity contribution in [2.75, 3.05) is 18.9 Å². The monoisotopic (exact) mass is 361 g/mol. The molecular formula is C21H23N5O. The molecule has 0 aliphatic heterocycles. The number of carbonyl (C=O) groups excluding carboxylic acids is 1. The van der Waals surface area contributed by atoms with Gasteiger partial charge in [0.15, 0.2) is 0 Å². The fourth-order valence-corrected chi connectivity index (χ4v) is 2.71. The minimum Gasteiger partial charge on any atom is -0.340 e. The first-order valence-corrected chi connectivity index (χ1v) is 8.85. The summed E-state index contributed by atoms with van der Waals surface area (Å²) in [7, 11) is 1.79. The second-order valence-electron chi connectivity index (χ2n) is 6.49. The van der Waals surface area contributed by atoms with Crippen LogP contribution in [0.1, 0.15) is 27.3 Å². The fourth-order valence-electron chi connectivity index (χ4n) is 2.71. The van der Waals surface area contributed by atoms with E-state index in [-0.39, 0.29) is 5.91 Å². The van der Waals surface area contributed by atoms with Crippen LogP contribution in [0.15, 0.2) is 54.9 Å². The van der Waals surface area contributed by atoms with Crippen LogP contribution < -0.4 is 5.32 Å². The summed E-state index contributed by atoms with van der Waals surface area (Å²) in [5.74, 6) is 0.303. The Hall–Kier alpha value is -3.28. The lowest BCUT2D eigenvalue weighted by Crippen LogP contribution is -2.30. The number of rotatable bonds is 6. The number of nitrogens with zero attached hydrogens (tertiary/aromatic N) is 4. The van der Waals surface area contributed by atoms with Crippen LogP contribution in [0.2, 0.25) is 0 Å². The van der Waals surface area contributed by atoms with Gasteiger partial charge in [0.25, 0.3) is 5.91 Å². The van der Waals surface area contributed by atoms with E-state index >= 15 is 0 Å². The van der Waals surface area contributed by atoms with Crippen LogP contribution in [-0.4, -0.2) is 39.4 Å². The first-order valence-electron chi connectivity index (χ1n) is 8.85. The van der Waals surface area contributed by atoms with Gasteiger partial charge < -0.3 is 10.2 Å². The number of hydrogen-bond acceptors (Lipinski definition) is 5. The van der Waals surface area contributed by atoms with Gasteiger partial charge in [-0.2, -0.15) is 0 Å². The molecule has 0 unspecified atom stereocenters. The third kappa shape index (κ3) is 4.88. The first kappa shape index (κ1) is 18.5. The Labute approximate surface area is 159 Å². The average molecular weight is 361 g/mol. The lowest BCUT2D eigenvalue weighted by Gasteiger charge is -2.17. The highest BCUT2D eigenvalue weighted by Crippen LogP contribution is 2.18. The molecule has 0 radical (unpaired) electrons. The molecule has 0 bridgehead atoms. The zero-order valence-corrected chi connectivity index (χ0v) is 15.8. The van der Waals surface area contributed by atoms with Gasteiger partial charge in [-0.25, -0.2) is 9.97 Å². The summed E-state index contributed by atoms with van der Waals surface area (Å²) in [5.41, 5.74) is 4.28. The van der Waals surface area contributed by atoms with Gasteiger partial charge in [0, 0.05) is 37.4 Å². The average Bonchev–Trinajstić information content (AvgIpc) is 2.67. The van der Waals surface area contributed by atoms with Gasteiger partial charge in [-0.15, -0.1) is 0 Å². The van der Waals surface area contributed by atoms with Gasteiger partial charge >= 0.3 is 0 Å². The first-order chi connectivity index (χ1) is 13.0. The quantitative estimate of drug-likeness (QED) is 0.727. The molecule has 27 heavy (non-hydrogen) atoms. The summed E-state index contributed by atoms with van der Waals surface area (Å²) < 4.78 is 0. The molecule has 1 aromatic carbocycles. The molecule has 138 valence electrons. The number of hydrogen-bond donors (Lipinski definition) is 1. The number of para-hydroxylation sites is 1. The molecule has 1 amide bonds. The Morgan fingerprint density at radius 3 is 2.56 bits per heavy atom. The number of aromatic nitrogens is 3. The Morgan fingerprint density at radius 2 is 1.81 bits per heavy atom. The predicted molar refractivity (Wildman–Crippen MR) is 106 cm³/mol. The maximum atomic E-state index is 12.8. The molecule has 6 nitrogen and oxygen atoms in total. The molecule has 6 heteroatoms. The summed E-state index contributed by atoms with van der Waals surface area (Å²) in [4.78, 5) is 27.3. The van der Waals surface area contributed by atoms with E-state index in [1.54, 1.807) is 30.4 Å². The van der Waals surface area contributed by atoms with Crippen molar-refractivity contribution in [1.29, 1.82) is 0 Å². The van der Waals surface area contributed by atoms with E-state index in [0.29, 0.717) is 18.2 Å². The summed E-state index contributed by atoms with van der Waals surface area (Å²) in [5, 5.41) is 3.21. The summed E-state index contributed by atoms with van der Waals surface area (Å²) >= 11 is 0. The van der Waals surface area contributed by atoms with Crippen LogP contribution >= 0.6 is 0 Å². The predicted octanol–water partition coefficient (Wildman–Crippen LogP) is 3.55. The minimum absolute atomic E-state index is 0.123. The standard InChI is InChI=1S/C21H23N5O/c1-15-6-4-5-7-18(15)24-21-23-16(2)14-19(25-21)20(27)26(3)13-10-17-8-11-22-12-9-17/h4-9,11-12,14H,10,13H2,1-3H3,(H,23,24,25). The van der Waals surface area contributed by atoms with E-state index in [2.05, 4.69) is 20.3 Å². The molecule has 1 N–H and O–H groups in total. The summed E-state index contributed by atoms with van der Waals surface area (Å²) in [6.45, 7) is 4.47. The Bertz CT molecular complexity index is 927. The smallest absolute Gasteiger partial charge is 0.272 e. The molecule has 0 fully saturated rings. The highest BCUT2D eigenvalue weighted by atomic mass is 16.2. The normalized spacial score (nSPS) is 10.5. The molecule has 0 aliphatic rings. The molecule has 0 atom stereocenters. The number of pyridine rings is 1. The molecule has 0 saturated heterocycles. The second kappa shape index (κ2) is 8.40. The van der Waals surface area contributed by atoms with Crippen LogP contribution in [0.25, 0.3) is 0 Å². The van der Waals surface area contributed by atoms with E-state index in [1.807, 2.05) is 50.2 Å². The Kier molecular flexibility index (Phi) is 5.76. The third-order valence-electron chi connectivity index (χ3n) is 4.30. The van der Waals surface area contributed by atoms with Crippen LogP contribution in [-0.2, 0) is 6.42 Å². The topological polar surface area (TPSA) is 71.0 Å². The molecule has 0 aliphatic carbocycles. The number of anilines is 2. The maximum Gasteiger partial charge on any atom is 0.272 e. The van der Waals surface area contributed by atoms with Gasteiger partial charge in [0.1, 0.15) is 5.69 Å². The van der Waals surface area contributed by atoms with E-state index < -0.39 is 0 Å². The van der Waals surface area contributed by atoms with Gasteiger partial charge in [-0.3, -0.25) is 9.78 Å². The maximum absolute atomic E-state index is 12.8. The largest absolute Gasteiger partial charge is 0.340 e. The number of aryl methyl sites for hydroxylation is 2. The zero-order chi connectivity index (χ0) is 19.2. The molecular weight excluding hydrogens is 338 g/mol. The molecule has 3 rings (SSSR count). The van der Waals surface area contributed by atoms with Gasteiger partial charge in [0.2, 0.25) is 5.95 Å². The fraction of sp³-hybridized carbons (Fsp3) is 0.238. The number of carbonyl (C=O) groups is 1. The van der Waals surface area contributed by atoms with E-state index in [4.69, 9.17) is 0 Å².